The molecule has 31 heavy (non-hydrogen) atoms. The predicted octanol–water partition coefficient (Wildman–Crippen LogP) is 4.20. The number of piperidine rings is 1. The van der Waals surface area contributed by atoms with Crippen molar-refractivity contribution in [1.29, 1.82) is 0 Å². The minimum Gasteiger partial charge on any atom is -0.465 e. The van der Waals surface area contributed by atoms with Gasteiger partial charge in [-0.25, -0.2) is 9.59 Å². The van der Waals surface area contributed by atoms with Crippen LogP contribution in [-0.4, -0.2) is 52.3 Å². The van der Waals surface area contributed by atoms with E-state index in [2.05, 4.69) is 38.8 Å². The van der Waals surface area contributed by atoms with Gasteiger partial charge in [-0.3, -0.25) is 9.55 Å². The van der Waals surface area contributed by atoms with Gasteiger partial charge in [0.15, 0.2) is 0 Å². The summed E-state index contributed by atoms with van der Waals surface area (Å²) < 4.78 is 15.1. The van der Waals surface area contributed by atoms with E-state index in [1.807, 2.05) is 31.4 Å². The van der Waals surface area contributed by atoms with Crippen LogP contribution in [-0.2, 0) is 4.74 Å². The van der Waals surface area contributed by atoms with Crippen molar-refractivity contribution in [3.05, 3.63) is 28.9 Å². The van der Waals surface area contributed by atoms with Crippen LogP contribution < -0.4 is 10.2 Å². The zero-order chi connectivity index (χ0) is 23.2. The number of amides is 1. The zero-order valence-corrected chi connectivity index (χ0v) is 21.1. The Hall–Kier alpha value is -2.29. The highest BCUT2D eigenvalue weighted by atomic mass is 28.4. The molecule has 1 aliphatic heterocycles. The van der Waals surface area contributed by atoms with Gasteiger partial charge in [-0.2, -0.15) is 0 Å². The molecular weight excluding hydrogens is 412 g/mol. The van der Waals surface area contributed by atoms with E-state index in [1.165, 1.54) is 4.73 Å². The molecular formula is C22H36N4O4Si. The lowest BCUT2D eigenvalue weighted by molar-refractivity contribution is 0.0188. The molecule has 8 nitrogen and oxygen atoms in total. The molecule has 1 amide bonds. The van der Waals surface area contributed by atoms with Crippen molar-refractivity contribution in [2.45, 2.75) is 84.2 Å². The lowest BCUT2D eigenvalue weighted by Gasteiger charge is -2.35. The minimum atomic E-state index is -2.23. The predicted molar refractivity (Wildman–Crippen MR) is 124 cm³/mol. The van der Waals surface area contributed by atoms with Gasteiger partial charge in [0.05, 0.1) is 11.7 Å². The number of hydrogen-bond acceptors (Lipinski definition) is 5. The topological polar surface area (TPSA) is 78.6 Å². The van der Waals surface area contributed by atoms with Gasteiger partial charge in [0, 0.05) is 25.3 Å². The van der Waals surface area contributed by atoms with Crippen molar-refractivity contribution in [2.24, 2.45) is 0 Å². The fourth-order valence-electron chi connectivity index (χ4n) is 3.48. The van der Waals surface area contributed by atoms with Crippen LogP contribution in [0, 0.1) is 0 Å². The van der Waals surface area contributed by atoms with Gasteiger partial charge >= 0.3 is 11.8 Å². The molecule has 172 valence electrons. The molecule has 2 aromatic rings. The van der Waals surface area contributed by atoms with Crippen LogP contribution in [0.3, 0.4) is 0 Å². The summed E-state index contributed by atoms with van der Waals surface area (Å²) in [6.07, 6.45) is 4.45. The van der Waals surface area contributed by atoms with Gasteiger partial charge in [-0.15, -0.1) is 4.73 Å². The van der Waals surface area contributed by atoms with Crippen LogP contribution in [0.5, 0.6) is 0 Å². The van der Waals surface area contributed by atoms with Crippen LogP contribution in [0.15, 0.2) is 23.3 Å². The molecule has 9 heteroatoms. The zero-order valence-electron chi connectivity index (χ0n) is 20.1. The molecule has 0 aromatic carbocycles. The van der Waals surface area contributed by atoms with Crippen LogP contribution in [0.1, 0.15) is 60.4 Å². The fraction of sp³-hybridized carbons (Fsp3) is 0.682. The number of imidazole rings is 1. The third kappa shape index (κ3) is 4.81. The summed E-state index contributed by atoms with van der Waals surface area (Å²) in [6.45, 7) is 17.4. The van der Waals surface area contributed by atoms with Gasteiger partial charge in [0.25, 0.3) is 8.32 Å². The highest BCUT2D eigenvalue weighted by Crippen LogP contribution is 2.35. The largest absolute Gasteiger partial charge is 0.465 e. The van der Waals surface area contributed by atoms with Crippen LogP contribution in [0.25, 0.3) is 11.0 Å². The number of aromatic nitrogens is 3. The first-order chi connectivity index (χ1) is 14.2. The SMILES string of the molecule is CC(C)(C)OC(=O)N1CCC(n2c(=O)n(O[Si](C)(C)C(C)(C)C)c3cnccc32)CC1. The maximum Gasteiger partial charge on any atom is 0.410 e. The summed E-state index contributed by atoms with van der Waals surface area (Å²) in [5, 5.41) is -0.0399. The van der Waals surface area contributed by atoms with E-state index >= 15 is 0 Å². The fourth-order valence-corrected chi connectivity index (χ4v) is 4.39. The number of nitrogens with zero attached hydrogens (tertiary/aromatic N) is 4. The van der Waals surface area contributed by atoms with Crippen molar-refractivity contribution in [3.8, 4) is 0 Å². The van der Waals surface area contributed by atoms with Crippen molar-refractivity contribution >= 4 is 25.4 Å². The first kappa shape index (κ1) is 23.4. The lowest BCUT2D eigenvalue weighted by Crippen LogP contribution is -2.51. The molecule has 2 aromatic heterocycles. The normalized spacial score (nSPS) is 16.6. The summed E-state index contributed by atoms with van der Waals surface area (Å²) in [5.41, 5.74) is 0.802. The quantitative estimate of drug-likeness (QED) is 0.658. The molecule has 0 N–H and O–H groups in total. The number of carbonyl (C=O) groups is 1. The molecule has 0 atom stereocenters. The van der Waals surface area contributed by atoms with Crippen molar-refractivity contribution < 1.29 is 14.1 Å². The van der Waals surface area contributed by atoms with Gasteiger partial charge in [-0.1, -0.05) is 20.8 Å². The molecule has 3 rings (SSSR count). The summed E-state index contributed by atoms with van der Waals surface area (Å²) >= 11 is 0. The van der Waals surface area contributed by atoms with E-state index < -0.39 is 13.9 Å². The van der Waals surface area contributed by atoms with E-state index in [0.717, 1.165) is 5.52 Å². The Balaban J connectivity index is 1.89. The summed E-state index contributed by atoms with van der Waals surface area (Å²) in [4.78, 5) is 31.8. The van der Waals surface area contributed by atoms with Gasteiger partial charge in [0.2, 0.25) is 0 Å². The van der Waals surface area contributed by atoms with E-state index in [4.69, 9.17) is 9.26 Å². The smallest absolute Gasteiger partial charge is 0.410 e. The van der Waals surface area contributed by atoms with E-state index in [0.29, 0.717) is 31.4 Å². The molecule has 0 unspecified atom stereocenters. The van der Waals surface area contributed by atoms with Crippen molar-refractivity contribution in [1.82, 2.24) is 19.2 Å². The summed E-state index contributed by atoms with van der Waals surface area (Å²) in [5.74, 6) is 0. The van der Waals surface area contributed by atoms with E-state index in [9.17, 15) is 9.59 Å². The second-order valence-corrected chi connectivity index (χ2v) is 15.6. The first-order valence-corrected chi connectivity index (χ1v) is 13.9. The van der Waals surface area contributed by atoms with E-state index in [1.54, 1.807) is 17.3 Å². The van der Waals surface area contributed by atoms with Crippen LogP contribution in [0.2, 0.25) is 18.1 Å². The second-order valence-electron chi connectivity index (χ2n) is 10.9. The Morgan fingerprint density at radius 1 is 1.10 bits per heavy atom. The van der Waals surface area contributed by atoms with Crippen molar-refractivity contribution in [3.63, 3.8) is 0 Å². The highest BCUT2D eigenvalue weighted by Gasteiger charge is 2.41. The Bertz CT molecular complexity index is 1010. The minimum absolute atomic E-state index is 0.0136. The summed E-state index contributed by atoms with van der Waals surface area (Å²) in [6, 6.07) is 1.85. The number of likely N-dealkylation sites (tertiary alicyclic amines) is 1. The number of ether oxygens (including phenoxy) is 1. The molecule has 0 bridgehead atoms. The maximum absolute atomic E-state index is 13.5. The van der Waals surface area contributed by atoms with Crippen LogP contribution >= 0.6 is 0 Å². The maximum atomic E-state index is 13.5. The monoisotopic (exact) mass is 448 g/mol. The number of fused-ring (bicyclic) bond motifs is 1. The average Bonchev–Trinajstić information content (AvgIpc) is 2.91. The third-order valence-corrected chi connectivity index (χ3v) is 10.5. The Morgan fingerprint density at radius 2 is 1.71 bits per heavy atom. The molecule has 3 heterocycles. The third-order valence-electron chi connectivity index (χ3n) is 6.24. The van der Waals surface area contributed by atoms with Gasteiger partial charge in [0.1, 0.15) is 11.1 Å². The molecule has 1 saturated heterocycles. The average molecular weight is 449 g/mol. The molecule has 0 saturated carbocycles. The molecule has 0 radical (unpaired) electrons. The van der Waals surface area contributed by atoms with E-state index in [-0.39, 0.29) is 22.9 Å². The Kier molecular flexibility index (Phi) is 6.03. The molecule has 0 spiro atoms. The highest BCUT2D eigenvalue weighted by molar-refractivity contribution is 6.74. The molecule has 1 fully saturated rings. The van der Waals surface area contributed by atoms with Crippen LogP contribution in [0.4, 0.5) is 4.79 Å². The number of carbonyl (C=O) groups excluding carboxylic acids is 1. The van der Waals surface area contributed by atoms with Gasteiger partial charge < -0.3 is 14.2 Å². The lowest BCUT2D eigenvalue weighted by atomic mass is 10.1. The number of hydrogen-bond donors (Lipinski definition) is 0. The second kappa shape index (κ2) is 8.00. The Labute approximate surface area is 185 Å². The standard InChI is InChI=1S/C22H36N4O4Si/c1-21(2,3)29-20(28)24-13-10-16(11-14-24)25-17-9-12-23-15-18(17)26(19(25)27)30-31(7,8)22(4,5)6/h9,12,15-16H,10-11,13-14H2,1-8H3. The Morgan fingerprint density at radius 3 is 2.26 bits per heavy atom. The number of pyridine rings is 1. The first-order valence-electron chi connectivity index (χ1n) is 11.0. The number of rotatable bonds is 3. The summed E-state index contributed by atoms with van der Waals surface area (Å²) in [7, 11) is -2.23. The van der Waals surface area contributed by atoms with Crippen molar-refractivity contribution in [2.75, 3.05) is 13.1 Å². The molecule has 1 aliphatic rings. The van der Waals surface area contributed by atoms with Gasteiger partial charge in [-0.05, 0) is 57.8 Å². The molecule has 0 aliphatic carbocycles.